The van der Waals surface area contributed by atoms with Gasteiger partial charge in [0.15, 0.2) is 17.3 Å². The van der Waals surface area contributed by atoms with Crippen LogP contribution in [0.15, 0.2) is 23.0 Å². The van der Waals surface area contributed by atoms with Crippen LogP contribution in [0.3, 0.4) is 0 Å². The number of aliphatic hydroxyl groups excluding tert-OH is 1. The fraction of sp³-hybridized carbons (Fsp3) is 0.731. The molecule has 170 valence electrons. The first-order chi connectivity index (χ1) is 14.0. The summed E-state index contributed by atoms with van der Waals surface area (Å²) < 4.78 is 0. The van der Waals surface area contributed by atoms with Crippen LogP contribution in [0.4, 0.5) is 0 Å². The fourth-order valence-corrected chi connectivity index (χ4v) is 4.17. The molecule has 1 aliphatic carbocycles. The number of unbranched alkanes of at least 4 members (excludes halogenated alkanes) is 8. The lowest BCUT2D eigenvalue weighted by atomic mass is 9.60. The van der Waals surface area contributed by atoms with Gasteiger partial charge in [0.1, 0.15) is 11.3 Å². The maximum atomic E-state index is 13.2. The van der Waals surface area contributed by atoms with E-state index in [0.717, 1.165) is 18.4 Å². The number of hydrogen-bond acceptors (Lipinski definition) is 4. The average molecular weight is 419 g/mol. The molecule has 1 aliphatic rings. The smallest absolute Gasteiger partial charge is 0.183 e. The lowest BCUT2D eigenvalue weighted by Crippen LogP contribution is -2.51. The highest BCUT2D eigenvalue weighted by molar-refractivity contribution is 6.30. The Hall–Kier alpha value is -1.71. The van der Waals surface area contributed by atoms with Crippen LogP contribution < -0.4 is 0 Å². The molecule has 30 heavy (non-hydrogen) atoms. The van der Waals surface area contributed by atoms with Crippen molar-refractivity contribution in [2.75, 3.05) is 0 Å². The first-order valence-electron chi connectivity index (χ1n) is 11.7. The van der Waals surface area contributed by atoms with Crippen LogP contribution in [0.2, 0.25) is 0 Å². The van der Waals surface area contributed by atoms with Crippen molar-refractivity contribution in [3.05, 3.63) is 23.0 Å². The molecule has 0 aromatic carbocycles. The van der Waals surface area contributed by atoms with Crippen molar-refractivity contribution in [2.24, 2.45) is 10.8 Å². The molecule has 0 saturated heterocycles. The summed E-state index contributed by atoms with van der Waals surface area (Å²) in [5.41, 5.74) is -1.68. The highest BCUT2D eigenvalue weighted by Gasteiger charge is 2.56. The van der Waals surface area contributed by atoms with Crippen LogP contribution in [-0.2, 0) is 14.4 Å². The van der Waals surface area contributed by atoms with Gasteiger partial charge in [-0.25, -0.2) is 0 Å². The van der Waals surface area contributed by atoms with E-state index in [1.54, 1.807) is 20.8 Å². The summed E-state index contributed by atoms with van der Waals surface area (Å²) in [7, 11) is 0. The molecule has 0 amide bonds. The maximum absolute atomic E-state index is 13.2. The highest BCUT2D eigenvalue weighted by atomic mass is 16.3. The van der Waals surface area contributed by atoms with E-state index in [9.17, 15) is 19.5 Å². The SMILES string of the molecule is CCCCCCCCCCCC(=O)C1=C(O)C(C)(C)C(=O)C(C)(CC=C(C)C)C1=O. The Balaban J connectivity index is 2.77. The number of rotatable bonds is 13. The Morgan fingerprint density at radius 3 is 1.90 bits per heavy atom. The fourth-order valence-electron chi connectivity index (χ4n) is 4.17. The molecule has 0 fully saturated rings. The molecule has 1 N–H and O–H groups in total. The molecule has 0 radical (unpaired) electrons. The molecule has 0 bridgehead atoms. The minimum absolute atomic E-state index is 0.149. The number of carbonyl (C=O) groups excluding carboxylic acids is 3. The summed E-state index contributed by atoms with van der Waals surface area (Å²) in [6.45, 7) is 10.8. The Morgan fingerprint density at radius 1 is 0.900 bits per heavy atom. The van der Waals surface area contributed by atoms with Crippen LogP contribution in [0.25, 0.3) is 0 Å². The minimum Gasteiger partial charge on any atom is -0.510 e. The third-order valence-electron chi connectivity index (χ3n) is 6.33. The molecule has 0 spiro atoms. The van der Waals surface area contributed by atoms with Gasteiger partial charge in [0.05, 0.1) is 10.8 Å². The Morgan fingerprint density at radius 2 is 1.40 bits per heavy atom. The van der Waals surface area contributed by atoms with Gasteiger partial charge in [0, 0.05) is 6.42 Å². The number of carbonyl (C=O) groups is 3. The number of hydrogen-bond donors (Lipinski definition) is 1. The molecule has 1 atom stereocenters. The summed E-state index contributed by atoms with van der Waals surface area (Å²) in [6, 6.07) is 0. The molecule has 1 unspecified atom stereocenters. The molecular formula is C26H42O4. The summed E-state index contributed by atoms with van der Waals surface area (Å²) in [6.07, 6.45) is 12.6. The van der Waals surface area contributed by atoms with Gasteiger partial charge in [0.2, 0.25) is 0 Å². The topological polar surface area (TPSA) is 71.4 Å². The third kappa shape index (κ3) is 6.39. The van der Waals surface area contributed by atoms with E-state index in [-0.39, 0.29) is 35.7 Å². The maximum Gasteiger partial charge on any atom is 0.183 e. The van der Waals surface area contributed by atoms with Gasteiger partial charge in [-0.3, -0.25) is 14.4 Å². The minimum atomic E-state index is -1.31. The van der Waals surface area contributed by atoms with E-state index >= 15 is 0 Å². The summed E-state index contributed by atoms with van der Waals surface area (Å²) in [5.74, 6) is -1.53. The van der Waals surface area contributed by atoms with E-state index in [0.29, 0.717) is 6.42 Å². The van der Waals surface area contributed by atoms with Crippen LogP contribution in [-0.4, -0.2) is 22.5 Å². The Bertz CT molecular complexity index is 692. The van der Waals surface area contributed by atoms with Crippen LogP contribution in [0, 0.1) is 10.8 Å². The van der Waals surface area contributed by atoms with Crippen LogP contribution in [0.5, 0.6) is 0 Å². The predicted octanol–water partition coefficient (Wildman–Crippen LogP) is 6.83. The molecule has 0 saturated carbocycles. The van der Waals surface area contributed by atoms with Crippen LogP contribution in [0.1, 0.15) is 112 Å². The third-order valence-corrected chi connectivity index (χ3v) is 6.33. The largest absolute Gasteiger partial charge is 0.510 e. The van der Waals surface area contributed by atoms with Gasteiger partial charge in [-0.1, -0.05) is 69.9 Å². The second-order valence-corrected chi connectivity index (χ2v) is 9.83. The van der Waals surface area contributed by atoms with E-state index in [4.69, 9.17) is 0 Å². The van der Waals surface area contributed by atoms with Gasteiger partial charge in [-0.05, 0) is 47.5 Å². The summed E-state index contributed by atoms with van der Waals surface area (Å²) in [5, 5.41) is 10.7. The lowest BCUT2D eigenvalue weighted by Gasteiger charge is -2.39. The molecule has 4 heteroatoms. The molecule has 0 aromatic rings. The Labute approximate surface area is 183 Å². The van der Waals surface area contributed by atoms with Gasteiger partial charge in [-0.15, -0.1) is 0 Å². The number of aliphatic hydroxyl groups is 1. The zero-order valence-electron chi connectivity index (χ0n) is 20.0. The molecule has 0 aliphatic heterocycles. The molecule has 0 aromatic heterocycles. The first-order valence-corrected chi connectivity index (χ1v) is 11.7. The lowest BCUT2D eigenvalue weighted by molar-refractivity contribution is -0.146. The van der Waals surface area contributed by atoms with Crippen molar-refractivity contribution < 1.29 is 19.5 Å². The van der Waals surface area contributed by atoms with Gasteiger partial charge in [0.25, 0.3) is 0 Å². The standard InChI is InChI=1S/C26H42O4/c1-7-8-9-10-11-12-13-14-15-16-20(27)21-22(28)25(4,5)24(30)26(6,23(21)29)18-17-19(2)3/h17,28H,7-16,18H2,1-6H3. The predicted molar refractivity (Wildman–Crippen MR) is 122 cm³/mol. The molecule has 1 rings (SSSR count). The van der Waals surface area contributed by atoms with E-state index < -0.39 is 16.6 Å². The van der Waals surface area contributed by atoms with Gasteiger partial charge < -0.3 is 5.11 Å². The summed E-state index contributed by atoms with van der Waals surface area (Å²) in [4.78, 5) is 39.1. The van der Waals surface area contributed by atoms with Crippen molar-refractivity contribution in [3.63, 3.8) is 0 Å². The van der Waals surface area contributed by atoms with Crippen molar-refractivity contribution in [1.82, 2.24) is 0 Å². The van der Waals surface area contributed by atoms with Crippen LogP contribution >= 0.6 is 0 Å². The highest BCUT2D eigenvalue weighted by Crippen LogP contribution is 2.45. The zero-order chi connectivity index (χ0) is 22.9. The van der Waals surface area contributed by atoms with Crippen molar-refractivity contribution >= 4 is 17.3 Å². The average Bonchev–Trinajstić information content (AvgIpc) is 2.69. The van der Waals surface area contributed by atoms with E-state index in [1.165, 1.54) is 38.5 Å². The van der Waals surface area contributed by atoms with Gasteiger partial charge in [-0.2, -0.15) is 0 Å². The number of Topliss-reactive ketones (excluding diaryl/α,β-unsaturated/α-hetero) is 3. The van der Waals surface area contributed by atoms with Crippen molar-refractivity contribution in [2.45, 2.75) is 112 Å². The zero-order valence-corrected chi connectivity index (χ0v) is 20.0. The second-order valence-electron chi connectivity index (χ2n) is 9.83. The second kappa shape index (κ2) is 11.6. The van der Waals surface area contributed by atoms with Gasteiger partial charge >= 0.3 is 0 Å². The van der Waals surface area contributed by atoms with E-state index in [1.807, 2.05) is 19.9 Å². The Kier molecular flexibility index (Phi) is 10.2. The first kappa shape index (κ1) is 26.3. The monoisotopic (exact) mass is 418 g/mol. The van der Waals surface area contributed by atoms with Crippen molar-refractivity contribution in [3.8, 4) is 0 Å². The molecule has 4 nitrogen and oxygen atoms in total. The van der Waals surface area contributed by atoms with E-state index in [2.05, 4.69) is 6.92 Å². The summed E-state index contributed by atoms with van der Waals surface area (Å²) >= 11 is 0. The number of allylic oxidation sites excluding steroid dienone is 4. The normalized spacial score (nSPS) is 21.1. The quantitative estimate of drug-likeness (QED) is 0.154. The van der Waals surface area contributed by atoms with Crippen molar-refractivity contribution in [1.29, 1.82) is 0 Å². The molecular weight excluding hydrogens is 376 g/mol. The molecule has 0 heterocycles. The number of ketones is 3.